The summed E-state index contributed by atoms with van der Waals surface area (Å²) in [5.41, 5.74) is 0.349. The van der Waals surface area contributed by atoms with E-state index in [1.807, 2.05) is 0 Å². The Morgan fingerprint density at radius 3 is 2.70 bits per heavy atom. The topological polar surface area (TPSA) is 52.9 Å². The number of nitrogens with zero attached hydrogens (tertiary/aromatic N) is 1. The smallest absolute Gasteiger partial charge is 0.253 e. The lowest BCUT2D eigenvalue weighted by atomic mass is 9.84. The van der Waals surface area contributed by atoms with Crippen LogP contribution in [-0.4, -0.2) is 11.9 Å². The fraction of sp³-hybridized carbons (Fsp3) is 0.467. The molecule has 0 bridgehead atoms. The Balaban J connectivity index is 2.07. The van der Waals surface area contributed by atoms with Crippen molar-refractivity contribution in [1.82, 2.24) is 5.32 Å². The molecule has 3 nitrogen and oxygen atoms in total. The molecule has 1 atom stereocenters. The number of rotatable bonds is 3. The molecular formula is C15H16BrFN2O. The zero-order chi connectivity index (χ0) is 14.5. The van der Waals surface area contributed by atoms with Crippen molar-refractivity contribution in [2.24, 2.45) is 5.92 Å². The molecule has 1 fully saturated rings. The third kappa shape index (κ3) is 3.57. The maximum atomic E-state index is 13.0. The lowest BCUT2D eigenvalue weighted by Gasteiger charge is -2.26. The van der Waals surface area contributed by atoms with Crippen molar-refractivity contribution in [2.75, 3.05) is 0 Å². The molecule has 1 aliphatic carbocycles. The molecule has 1 N–H and O–H groups in total. The Morgan fingerprint density at radius 1 is 1.40 bits per heavy atom. The number of hydrogen-bond acceptors (Lipinski definition) is 2. The molecule has 20 heavy (non-hydrogen) atoms. The van der Waals surface area contributed by atoms with E-state index in [2.05, 4.69) is 27.3 Å². The van der Waals surface area contributed by atoms with Gasteiger partial charge in [0.25, 0.3) is 5.91 Å². The second-order valence-corrected chi connectivity index (χ2v) is 5.96. The van der Waals surface area contributed by atoms with Crippen molar-refractivity contribution >= 4 is 21.8 Å². The van der Waals surface area contributed by atoms with Crippen LogP contribution < -0.4 is 5.32 Å². The molecule has 0 aromatic heterocycles. The first-order valence-corrected chi connectivity index (χ1v) is 7.56. The van der Waals surface area contributed by atoms with Gasteiger partial charge in [0.1, 0.15) is 11.9 Å². The normalized spacial score (nSPS) is 17.2. The van der Waals surface area contributed by atoms with Gasteiger partial charge in [0.15, 0.2) is 0 Å². The van der Waals surface area contributed by atoms with Gasteiger partial charge in [0.2, 0.25) is 0 Å². The van der Waals surface area contributed by atoms with Crippen LogP contribution in [0.2, 0.25) is 0 Å². The van der Waals surface area contributed by atoms with E-state index in [0.717, 1.165) is 25.7 Å². The number of nitriles is 1. The minimum absolute atomic E-state index is 0.219. The van der Waals surface area contributed by atoms with E-state index in [4.69, 9.17) is 0 Å². The van der Waals surface area contributed by atoms with Crippen LogP contribution in [0.15, 0.2) is 22.7 Å². The molecule has 0 heterocycles. The summed E-state index contributed by atoms with van der Waals surface area (Å²) in [6, 6.07) is 5.61. The standard InChI is InChI=1S/C15H16BrFN2O/c16-13-8-11(17)6-7-12(13)15(20)19-14(9-18)10-4-2-1-3-5-10/h6-8,10,14H,1-5H2,(H,19,20). The summed E-state index contributed by atoms with van der Waals surface area (Å²) >= 11 is 3.17. The van der Waals surface area contributed by atoms with E-state index in [1.165, 1.54) is 24.6 Å². The van der Waals surface area contributed by atoms with Gasteiger partial charge in [0, 0.05) is 4.47 Å². The van der Waals surface area contributed by atoms with E-state index in [9.17, 15) is 14.4 Å². The Morgan fingerprint density at radius 2 is 2.10 bits per heavy atom. The maximum Gasteiger partial charge on any atom is 0.253 e. The van der Waals surface area contributed by atoms with Gasteiger partial charge in [-0.05, 0) is 52.9 Å². The lowest BCUT2D eigenvalue weighted by Crippen LogP contribution is -2.40. The van der Waals surface area contributed by atoms with E-state index in [-0.39, 0.29) is 11.8 Å². The predicted molar refractivity (Wildman–Crippen MR) is 77.5 cm³/mol. The van der Waals surface area contributed by atoms with Crippen LogP contribution in [0, 0.1) is 23.1 Å². The van der Waals surface area contributed by atoms with Gasteiger partial charge in [0.05, 0.1) is 11.6 Å². The summed E-state index contributed by atoms with van der Waals surface area (Å²) in [5.74, 6) is -0.525. The first-order valence-electron chi connectivity index (χ1n) is 6.77. The van der Waals surface area contributed by atoms with Crippen molar-refractivity contribution < 1.29 is 9.18 Å². The largest absolute Gasteiger partial charge is 0.336 e. The highest BCUT2D eigenvalue weighted by molar-refractivity contribution is 9.10. The minimum Gasteiger partial charge on any atom is -0.336 e. The van der Waals surface area contributed by atoms with Crippen molar-refractivity contribution in [3.05, 3.63) is 34.1 Å². The number of carbonyl (C=O) groups excluding carboxylic acids is 1. The summed E-state index contributed by atoms with van der Waals surface area (Å²) in [4.78, 5) is 12.2. The average molecular weight is 339 g/mol. The molecule has 0 radical (unpaired) electrons. The van der Waals surface area contributed by atoms with Crippen LogP contribution in [0.5, 0.6) is 0 Å². The number of amides is 1. The highest BCUT2D eigenvalue weighted by Crippen LogP contribution is 2.27. The molecule has 1 aromatic rings. The van der Waals surface area contributed by atoms with Gasteiger partial charge >= 0.3 is 0 Å². The SMILES string of the molecule is N#CC(NC(=O)c1ccc(F)cc1Br)C1CCCCC1. The summed E-state index contributed by atoms with van der Waals surface area (Å²) < 4.78 is 13.4. The molecule has 1 amide bonds. The summed E-state index contributed by atoms with van der Waals surface area (Å²) in [5, 5.41) is 12.0. The van der Waals surface area contributed by atoms with Gasteiger partial charge in [-0.3, -0.25) is 4.79 Å². The molecule has 0 saturated heterocycles. The average Bonchev–Trinajstić information content (AvgIpc) is 2.45. The monoisotopic (exact) mass is 338 g/mol. The number of hydrogen-bond donors (Lipinski definition) is 1. The molecule has 1 saturated carbocycles. The number of nitrogens with one attached hydrogen (secondary N) is 1. The number of halogens is 2. The zero-order valence-electron chi connectivity index (χ0n) is 11.0. The molecule has 1 aromatic carbocycles. The molecule has 2 rings (SSSR count). The van der Waals surface area contributed by atoms with Gasteiger partial charge in [-0.1, -0.05) is 19.3 Å². The Bertz CT molecular complexity index is 535. The Labute approximate surface area is 126 Å². The first-order chi connectivity index (χ1) is 9.61. The van der Waals surface area contributed by atoms with Gasteiger partial charge < -0.3 is 5.32 Å². The molecule has 5 heteroatoms. The van der Waals surface area contributed by atoms with Crippen molar-refractivity contribution in [1.29, 1.82) is 5.26 Å². The summed E-state index contributed by atoms with van der Waals surface area (Å²) in [6.07, 6.45) is 5.37. The lowest BCUT2D eigenvalue weighted by molar-refractivity contribution is 0.0928. The minimum atomic E-state index is -0.472. The highest BCUT2D eigenvalue weighted by Gasteiger charge is 2.25. The van der Waals surface area contributed by atoms with E-state index in [0.29, 0.717) is 10.0 Å². The maximum absolute atomic E-state index is 13.0. The van der Waals surface area contributed by atoms with Crippen molar-refractivity contribution in [3.63, 3.8) is 0 Å². The Kier molecular flexibility index (Phi) is 5.13. The van der Waals surface area contributed by atoms with Crippen LogP contribution in [0.4, 0.5) is 4.39 Å². The molecule has 1 unspecified atom stereocenters. The third-order valence-corrected chi connectivity index (χ3v) is 4.38. The molecule has 0 aliphatic heterocycles. The van der Waals surface area contributed by atoms with Crippen LogP contribution in [0.1, 0.15) is 42.5 Å². The molecule has 1 aliphatic rings. The molecule has 0 spiro atoms. The van der Waals surface area contributed by atoms with Crippen LogP contribution >= 0.6 is 15.9 Å². The fourth-order valence-electron chi connectivity index (χ4n) is 2.62. The quantitative estimate of drug-likeness (QED) is 0.911. The molecule has 106 valence electrons. The third-order valence-electron chi connectivity index (χ3n) is 3.72. The van der Waals surface area contributed by atoms with Crippen molar-refractivity contribution in [2.45, 2.75) is 38.1 Å². The highest BCUT2D eigenvalue weighted by atomic mass is 79.9. The van der Waals surface area contributed by atoms with E-state index < -0.39 is 11.9 Å². The number of benzene rings is 1. The second kappa shape index (κ2) is 6.85. The number of carbonyl (C=O) groups is 1. The summed E-state index contributed by atoms with van der Waals surface area (Å²) in [6.45, 7) is 0. The summed E-state index contributed by atoms with van der Waals surface area (Å²) in [7, 11) is 0. The predicted octanol–water partition coefficient (Wildman–Crippen LogP) is 3.79. The van der Waals surface area contributed by atoms with Gasteiger partial charge in [-0.2, -0.15) is 5.26 Å². The van der Waals surface area contributed by atoms with Crippen LogP contribution in [0.3, 0.4) is 0 Å². The Hall–Kier alpha value is -1.41. The van der Waals surface area contributed by atoms with Crippen molar-refractivity contribution in [3.8, 4) is 6.07 Å². The van der Waals surface area contributed by atoms with E-state index in [1.54, 1.807) is 0 Å². The van der Waals surface area contributed by atoms with Gasteiger partial charge in [-0.25, -0.2) is 4.39 Å². The first kappa shape index (κ1) is 15.0. The zero-order valence-corrected chi connectivity index (χ0v) is 12.6. The molecular weight excluding hydrogens is 323 g/mol. The van der Waals surface area contributed by atoms with Gasteiger partial charge in [-0.15, -0.1) is 0 Å². The van der Waals surface area contributed by atoms with Crippen LogP contribution in [-0.2, 0) is 0 Å². The second-order valence-electron chi connectivity index (χ2n) is 5.10. The van der Waals surface area contributed by atoms with E-state index >= 15 is 0 Å². The fourth-order valence-corrected chi connectivity index (χ4v) is 3.15. The van der Waals surface area contributed by atoms with Crippen LogP contribution in [0.25, 0.3) is 0 Å².